The van der Waals surface area contributed by atoms with Crippen molar-refractivity contribution < 1.29 is 4.74 Å². The number of fused-ring (bicyclic) bond motifs is 4. The van der Waals surface area contributed by atoms with E-state index in [0.717, 1.165) is 54.7 Å². The Morgan fingerprint density at radius 1 is 1.27 bits per heavy atom. The predicted molar refractivity (Wildman–Crippen MR) is 113 cm³/mol. The number of rotatable bonds is 5. The second-order valence-corrected chi connectivity index (χ2v) is 8.26. The maximum absolute atomic E-state index is 6.15. The molecule has 9 heteroatoms. The Bertz CT molecular complexity index is 1220. The molecule has 0 saturated heterocycles. The Hall–Kier alpha value is -3.23. The largest absolute Gasteiger partial charge is 0.494 e. The highest BCUT2D eigenvalue weighted by Crippen LogP contribution is 2.30. The normalized spacial score (nSPS) is 16.5. The van der Waals surface area contributed by atoms with Crippen molar-refractivity contribution in [2.75, 3.05) is 12.8 Å². The zero-order valence-electron chi connectivity index (χ0n) is 17.5. The van der Waals surface area contributed by atoms with E-state index in [4.69, 9.17) is 15.5 Å². The SMILES string of the molecule is COc1cccc2c1nc(N)n1nc(CCC3CCc4c(nnn4C(C)C)C3)nc21. The Morgan fingerprint density at radius 2 is 2.13 bits per heavy atom. The van der Waals surface area contributed by atoms with E-state index >= 15 is 0 Å². The molecule has 0 radical (unpaired) electrons. The van der Waals surface area contributed by atoms with Crippen molar-refractivity contribution in [3.63, 3.8) is 0 Å². The number of hydrogen-bond acceptors (Lipinski definition) is 7. The fraction of sp³-hybridized carbons (Fsp3) is 0.476. The number of aryl methyl sites for hydroxylation is 1. The van der Waals surface area contributed by atoms with E-state index in [9.17, 15) is 0 Å². The number of para-hydroxylation sites is 1. The van der Waals surface area contributed by atoms with Gasteiger partial charge in [0.2, 0.25) is 5.95 Å². The van der Waals surface area contributed by atoms with Crippen LogP contribution in [-0.4, -0.2) is 41.7 Å². The van der Waals surface area contributed by atoms with Crippen molar-refractivity contribution in [1.82, 2.24) is 34.6 Å². The molecule has 0 aliphatic heterocycles. The molecule has 5 rings (SSSR count). The third-order valence-electron chi connectivity index (χ3n) is 5.96. The van der Waals surface area contributed by atoms with E-state index in [1.165, 1.54) is 5.69 Å². The van der Waals surface area contributed by atoms with Crippen LogP contribution in [0.5, 0.6) is 5.75 Å². The Balaban J connectivity index is 1.37. The van der Waals surface area contributed by atoms with Gasteiger partial charge in [-0.05, 0) is 57.6 Å². The van der Waals surface area contributed by atoms with Crippen molar-refractivity contribution in [3.05, 3.63) is 35.4 Å². The van der Waals surface area contributed by atoms with Crippen LogP contribution in [0, 0.1) is 5.92 Å². The molecule has 4 aromatic rings. The molecule has 1 aromatic carbocycles. The minimum absolute atomic E-state index is 0.313. The Morgan fingerprint density at radius 3 is 2.93 bits per heavy atom. The van der Waals surface area contributed by atoms with Gasteiger partial charge in [0.1, 0.15) is 11.3 Å². The Labute approximate surface area is 174 Å². The lowest BCUT2D eigenvalue weighted by Gasteiger charge is -2.22. The van der Waals surface area contributed by atoms with Gasteiger partial charge in [0.25, 0.3) is 0 Å². The van der Waals surface area contributed by atoms with Gasteiger partial charge in [-0.3, -0.25) is 0 Å². The van der Waals surface area contributed by atoms with E-state index in [-0.39, 0.29) is 0 Å². The number of methoxy groups -OCH3 is 1. The van der Waals surface area contributed by atoms with E-state index in [2.05, 4.69) is 38.9 Å². The van der Waals surface area contributed by atoms with Gasteiger partial charge in [-0.15, -0.1) is 10.2 Å². The molecule has 3 aromatic heterocycles. The summed E-state index contributed by atoms with van der Waals surface area (Å²) in [6.45, 7) is 4.30. The molecule has 3 heterocycles. The van der Waals surface area contributed by atoms with E-state index in [1.54, 1.807) is 11.6 Å². The fourth-order valence-electron chi connectivity index (χ4n) is 4.41. The third-order valence-corrected chi connectivity index (χ3v) is 5.96. The molecule has 1 atom stereocenters. The van der Waals surface area contributed by atoms with Crippen LogP contribution in [0.15, 0.2) is 18.2 Å². The smallest absolute Gasteiger partial charge is 0.223 e. The van der Waals surface area contributed by atoms with E-state index in [1.807, 2.05) is 18.2 Å². The first-order valence-electron chi connectivity index (χ1n) is 10.5. The quantitative estimate of drug-likeness (QED) is 0.543. The number of nitrogens with zero attached hydrogens (tertiary/aromatic N) is 7. The molecule has 30 heavy (non-hydrogen) atoms. The lowest BCUT2D eigenvalue weighted by Crippen LogP contribution is -2.18. The molecule has 0 fully saturated rings. The maximum Gasteiger partial charge on any atom is 0.223 e. The zero-order chi connectivity index (χ0) is 20.8. The molecule has 0 amide bonds. The second-order valence-electron chi connectivity index (χ2n) is 8.26. The molecule has 1 aliphatic rings. The molecule has 0 spiro atoms. The van der Waals surface area contributed by atoms with Crippen LogP contribution in [0.3, 0.4) is 0 Å². The first kappa shape index (κ1) is 18.8. The monoisotopic (exact) mass is 406 g/mol. The summed E-state index contributed by atoms with van der Waals surface area (Å²) in [5.74, 6) is 2.34. The van der Waals surface area contributed by atoms with Crippen molar-refractivity contribution in [2.24, 2.45) is 5.92 Å². The summed E-state index contributed by atoms with van der Waals surface area (Å²) in [4.78, 5) is 9.25. The van der Waals surface area contributed by atoms with Gasteiger partial charge < -0.3 is 10.5 Å². The van der Waals surface area contributed by atoms with Gasteiger partial charge in [-0.25, -0.2) is 14.6 Å². The number of aromatic nitrogens is 7. The van der Waals surface area contributed by atoms with Gasteiger partial charge >= 0.3 is 0 Å². The summed E-state index contributed by atoms with van der Waals surface area (Å²) < 4.78 is 9.11. The molecule has 1 unspecified atom stereocenters. The number of nitrogen functional groups attached to an aromatic ring is 1. The topological polar surface area (TPSA) is 109 Å². The molecule has 0 saturated carbocycles. The minimum Gasteiger partial charge on any atom is -0.494 e. The van der Waals surface area contributed by atoms with Crippen LogP contribution in [0.4, 0.5) is 5.95 Å². The maximum atomic E-state index is 6.15. The standard InChI is InChI=1S/C21H26N8O/c1-12(2)28-16-9-7-13(11-15(16)25-27-28)8-10-18-23-20-14-5-4-6-17(30-3)19(14)24-21(22)29(20)26-18/h4-6,12-13H,7-11H2,1-3H3,(H2,22,24). The van der Waals surface area contributed by atoms with Gasteiger partial charge in [0, 0.05) is 17.8 Å². The van der Waals surface area contributed by atoms with Gasteiger partial charge in [0.05, 0.1) is 18.5 Å². The van der Waals surface area contributed by atoms with E-state index in [0.29, 0.717) is 29.2 Å². The summed E-state index contributed by atoms with van der Waals surface area (Å²) in [7, 11) is 1.63. The number of nitrogens with two attached hydrogens (primary N) is 1. The first-order valence-corrected chi connectivity index (χ1v) is 10.5. The number of benzene rings is 1. The predicted octanol–water partition coefficient (Wildman–Crippen LogP) is 2.78. The number of ether oxygens (including phenoxy) is 1. The van der Waals surface area contributed by atoms with Crippen LogP contribution in [-0.2, 0) is 19.3 Å². The summed E-state index contributed by atoms with van der Waals surface area (Å²) in [6, 6.07) is 6.12. The lowest BCUT2D eigenvalue weighted by atomic mass is 9.86. The van der Waals surface area contributed by atoms with Crippen LogP contribution in [0.25, 0.3) is 16.6 Å². The highest BCUT2D eigenvalue weighted by Gasteiger charge is 2.25. The Kier molecular flexibility index (Phi) is 4.52. The minimum atomic E-state index is 0.313. The molecule has 9 nitrogen and oxygen atoms in total. The lowest BCUT2D eigenvalue weighted by molar-refractivity contribution is 0.404. The number of hydrogen-bond donors (Lipinski definition) is 1. The third kappa shape index (κ3) is 3.05. The van der Waals surface area contributed by atoms with Gasteiger partial charge in [0.15, 0.2) is 11.5 Å². The van der Waals surface area contributed by atoms with Crippen LogP contribution in [0.1, 0.15) is 49.9 Å². The molecule has 0 bridgehead atoms. The zero-order valence-corrected chi connectivity index (χ0v) is 17.5. The summed E-state index contributed by atoms with van der Waals surface area (Å²) in [6.07, 6.45) is 4.96. The molecule has 1 aliphatic carbocycles. The van der Waals surface area contributed by atoms with Gasteiger partial charge in [-0.1, -0.05) is 11.3 Å². The van der Waals surface area contributed by atoms with Gasteiger partial charge in [-0.2, -0.15) is 4.52 Å². The van der Waals surface area contributed by atoms with Crippen molar-refractivity contribution >= 4 is 22.5 Å². The van der Waals surface area contributed by atoms with Crippen LogP contribution in [0.2, 0.25) is 0 Å². The van der Waals surface area contributed by atoms with E-state index < -0.39 is 0 Å². The van der Waals surface area contributed by atoms with Crippen molar-refractivity contribution in [3.8, 4) is 5.75 Å². The molecular formula is C21H26N8O. The molecular weight excluding hydrogens is 380 g/mol. The summed E-state index contributed by atoms with van der Waals surface area (Å²) in [5, 5.41) is 14.3. The highest BCUT2D eigenvalue weighted by atomic mass is 16.5. The summed E-state index contributed by atoms with van der Waals surface area (Å²) >= 11 is 0. The fourth-order valence-corrected chi connectivity index (χ4v) is 4.41. The van der Waals surface area contributed by atoms with Crippen molar-refractivity contribution in [2.45, 2.75) is 52.0 Å². The van der Waals surface area contributed by atoms with Crippen LogP contribution >= 0.6 is 0 Å². The molecule has 2 N–H and O–H groups in total. The summed E-state index contributed by atoms with van der Waals surface area (Å²) in [5.41, 5.74) is 10.0. The first-order chi connectivity index (χ1) is 14.5. The average Bonchev–Trinajstić information content (AvgIpc) is 3.36. The number of anilines is 1. The molecule has 156 valence electrons. The average molecular weight is 406 g/mol. The van der Waals surface area contributed by atoms with Crippen LogP contribution < -0.4 is 10.5 Å². The second kappa shape index (κ2) is 7.23. The van der Waals surface area contributed by atoms with Crippen molar-refractivity contribution in [1.29, 1.82) is 0 Å². The highest BCUT2D eigenvalue weighted by molar-refractivity contribution is 5.95.